The molecule has 1 rings (SSSR count). The SMILES string of the molecule is CCCNc1ncnc(N(CC)CCOCC)c1[N+](=O)[O-]. The lowest BCUT2D eigenvalue weighted by Crippen LogP contribution is -2.29. The first-order chi connectivity index (χ1) is 10.2. The third-order valence-corrected chi connectivity index (χ3v) is 2.92. The molecular weight excluding hydrogens is 274 g/mol. The molecular formula is C13H23N5O3. The molecule has 1 aromatic rings. The van der Waals surface area contributed by atoms with E-state index in [1.165, 1.54) is 6.33 Å². The fourth-order valence-corrected chi connectivity index (χ4v) is 1.87. The Balaban J connectivity index is 3.05. The summed E-state index contributed by atoms with van der Waals surface area (Å²) in [5, 5.41) is 14.4. The Morgan fingerprint density at radius 1 is 1.38 bits per heavy atom. The van der Waals surface area contributed by atoms with E-state index < -0.39 is 4.92 Å². The summed E-state index contributed by atoms with van der Waals surface area (Å²) in [6.45, 7) is 8.74. The van der Waals surface area contributed by atoms with Crippen LogP contribution in [0.5, 0.6) is 0 Å². The Morgan fingerprint density at radius 2 is 2.14 bits per heavy atom. The van der Waals surface area contributed by atoms with Gasteiger partial charge in [0.05, 0.1) is 11.5 Å². The quantitative estimate of drug-likeness (QED) is 0.401. The normalized spacial score (nSPS) is 10.4. The Hall–Kier alpha value is -1.96. The van der Waals surface area contributed by atoms with E-state index in [9.17, 15) is 10.1 Å². The highest BCUT2D eigenvalue weighted by molar-refractivity contribution is 5.70. The van der Waals surface area contributed by atoms with Gasteiger partial charge in [0.2, 0.25) is 11.6 Å². The van der Waals surface area contributed by atoms with Crippen LogP contribution in [0.1, 0.15) is 27.2 Å². The van der Waals surface area contributed by atoms with Gasteiger partial charge in [0.1, 0.15) is 6.33 Å². The third-order valence-electron chi connectivity index (χ3n) is 2.92. The Kier molecular flexibility index (Phi) is 7.38. The van der Waals surface area contributed by atoms with E-state index >= 15 is 0 Å². The first kappa shape index (κ1) is 17.1. The summed E-state index contributed by atoms with van der Waals surface area (Å²) in [6, 6.07) is 0. The molecule has 0 fully saturated rings. The van der Waals surface area contributed by atoms with Crippen LogP contribution in [0.4, 0.5) is 17.3 Å². The van der Waals surface area contributed by atoms with E-state index in [1.54, 1.807) is 0 Å². The van der Waals surface area contributed by atoms with Crippen LogP contribution in [0, 0.1) is 10.1 Å². The van der Waals surface area contributed by atoms with Crippen molar-refractivity contribution in [3.05, 3.63) is 16.4 Å². The fraction of sp³-hybridized carbons (Fsp3) is 0.692. The number of nitro groups is 1. The van der Waals surface area contributed by atoms with Crippen LogP contribution in [0.3, 0.4) is 0 Å². The van der Waals surface area contributed by atoms with Crippen molar-refractivity contribution in [1.29, 1.82) is 0 Å². The average molecular weight is 297 g/mol. The molecule has 0 spiro atoms. The highest BCUT2D eigenvalue weighted by atomic mass is 16.6. The van der Waals surface area contributed by atoms with E-state index in [0.29, 0.717) is 38.7 Å². The number of rotatable bonds is 10. The van der Waals surface area contributed by atoms with Gasteiger partial charge < -0.3 is 15.0 Å². The van der Waals surface area contributed by atoms with E-state index in [1.807, 2.05) is 25.7 Å². The molecule has 0 aliphatic heterocycles. The Morgan fingerprint density at radius 3 is 2.71 bits per heavy atom. The summed E-state index contributed by atoms with van der Waals surface area (Å²) < 4.78 is 5.31. The molecule has 0 aliphatic rings. The fourth-order valence-electron chi connectivity index (χ4n) is 1.87. The van der Waals surface area contributed by atoms with Gasteiger partial charge in [-0.25, -0.2) is 9.97 Å². The van der Waals surface area contributed by atoms with Crippen molar-refractivity contribution in [3.63, 3.8) is 0 Å². The van der Waals surface area contributed by atoms with Crippen molar-refractivity contribution in [2.24, 2.45) is 0 Å². The molecule has 0 atom stereocenters. The molecule has 0 amide bonds. The second-order valence-corrected chi connectivity index (χ2v) is 4.35. The maximum absolute atomic E-state index is 11.4. The van der Waals surface area contributed by atoms with Gasteiger partial charge >= 0.3 is 5.69 Å². The molecule has 0 radical (unpaired) electrons. The van der Waals surface area contributed by atoms with Gasteiger partial charge in [0.25, 0.3) is 0 Å². The van der Waals surface area contributed by atoms with Crippen LogP contribution < -0.4 is 10.2 Å². The van der Waals surface area contributed by atoms with Crippen molar-refractivity contribution in [2.75, 3.05) is 43.1 Å². The molecule has 21 heavy (non-hydrogen) atoms. The predicted octanol–water partition coefficient (Wildman–Crippen LogP) is 2.07. The number of nitrogens with one attached hydrogen (secondary N) is 1. The number of ether oxygens (including phenoxy) is 1. The van der Waals surface area contributed by atoms with Crippen LogP contribution in [0.25, 0.3) is 0 Å². The molecule has 0 saturated carbocycles. The summed E-state index contributed by atoms with van der Waals surface area (Å²) in [4.78, 5) is 20.9. The molecule has 1 heterocycles. The van der Waals surface area contributed by atoms with Crippen LogP contribution in [-0.2, 0) is 4.74 Å². The first-order valence-electron chi connectivity index (χ1n) is 7.21. The van der Waals surface area contributed by atoms with Gasteiger partial charge in [0, 0.05) is 26.2 Å². The summed E-state index contributed by atoms with van der Waals surface area (Å²) in [5.41, 5.74) is -0.0794. The lowest BCUT2D eigenvalue weighted by molar-refractivity contribution is -0.383. The van der Waals surface area contributed by atoms with Gasteiger partial charge in [-0.2, -0.15) is 0 Å². The predicted molar refractivity (Wildman–Crippen MR) is 81.8 cm³/mol. The second-order valence-electron chi connectivity index (χ2n) is 4.35. The molecule has 0 aliphatic carbocycles. The molecule has 0 unspecified atom stereocenters. The maximum Gasteiger partial charge on any atom is 0.353 e. The highest BCUT2D eigenvalue weighted by Gasteiger charge is 2.26. The van der Waals surface area contributed by atoms with Crippen molar-refractivity contribution in [2.45, 2.75) is 27.2 Å². The first-order valence-corrected chi connectivity index (χ1v) is 7.21. The summed E-state index contributed by atoms with van der Waals surface area (Å²) in [5.74, 6) is 0.595. The minimum absolute atomic E-state index is 0.0794. The lowest BCUT2D eigenvalue weighted by Gasteiger charge is -2.21. The van der Waals surface area contributed by atoms with Crippen LogP contribution >= 0.6 is 0 Å². The van der Waals surface area contributed by atoms with E-state index in [4.69, 9.17) is 4.74 Å². The van der Waals surface area contributed by atoms with Crippen molar-refractivity contribution in [3.8, 4) is 0 Å². The largest absolute Gasteiger partial charge is 0.380 e. The summed E-state index contributed by atoms with van der Waals surface area (Å²) >= 11 is 0. The van der Waals surface area contributed by atoms with Crippen molar-refractivity contribution in [1.82, 2.24) is 9.97 Å². The van der Waals surface area contributed by atoms with Gasteiger partial charge in [-0.05, 0) is 20.3 Å². The molecule has 8 nitrogen and oxygen atoms in total. The molecule has 0 bridgehead atoms. The average Bonchev–Trinajstić information content (AvgIpc) is 2.49. The number of anilines is 2. The van der Waals surface area contributed by atoms with Crippen LogP contribution in [-0.4, -0.2) is 47.7 Å². The third kappa shape index (κ3) is 4.82. The van der Waals surface area contributed by atoms with Gasteiger partial charge in [-0.3, -0.25) is 10.1 Å². The molecule has 0 aromatic carbocycles. The molecule has 8 heteroatoms. The summed E-state index contributed by atoms with van der Waals surface area (Å²) in [6.07, 6.45) is 2.21. The standard InChI is InChI=1S/C13H23N5O3/c1-4-7-14-12-11(18(19)20)13(16-10-15-12)17(5-2)8-9-21-6-3/h10H,4-9H2,1-3H3,(H,14,15,16). The topological polar surface area (TPSA) is 93.4 Å². The van der Waals surface area contributed by atoms with Crippen molar-refractivity contribution < 1.29 is 9.66 Å². The minimum atomic E-state index is -0.434. The smallest absolute Gasteiger partial charge is 0.353 e. The summed E-state index contributed by atoms with van der Waals surface area (Å²) in [7, 11) is 0. The number of nitrogens with zero attached hydrogens (tertiary/aromatic N) is 4. The van der Waals surface area contributed by atoms with E-state index in [0.717, 1.165) is 6.42 Å². The molecule has 1 N–H and O–H groups in total. The zero-order valence-corrected chi connectivity index (χ0v) is 12.8. The van der Waals surface area contributed by atoms with Crippen LogP contribution in [0.2, 0.25) is 0 Å². The van der Waals surface area contributed by atoms with Gasteiger partial charge in [0.15, 0.2) is 0 Å². The Bertz CT molecular complexity index is 455. The van der Waals surface area contributed by atoms with Gasteiger partial charge in [-0.15, -0.1) is 0 Å². The molecule has 1 aromatic heterocycles. The highest BCUT2D eigenvalue weighted by Crippen LogP contribution is 2.31. The monoisotopic (exact) mass is 297 g/mol. The minimum Gasteiger partial charge on any atom is -0.380 e. The number of hydrogen-bond acceptors (Lipinski definition) is 7. The zero-order valence-electron chi connectivity index (χ0n) is 12.8. The Labute approximate surface area is 124 Å². The lowest BCUT2D eigenvalue weighted by atomic mass is 10.3. The number of likely N-dealkylation sites (N-methyl/N-ethyl adjacent to an activating group) is 1. The number of hydrogen-bond donors (Lipinski definition) is 1. The van der Waals surface area contributed by atoms with E-state index in [-0.39, 0.29) is 11.5 Å². The maximum atomic E-state index is 11.4. The number of aromatic nitrogens is 2. The zero-order chi connectivity index (χ0) is 15.7. The van der Waals surface area contributed by atoms with Crippen molar-refractivity contribution >= 4 is 17.3 Å². The van der Waals surface area contributed by atoms with Crippen LogP contribution in [0.15, 0.2) is 6.33 Å². The molecule has 0 saturated heterocycles. The second kappa shape index (κ2) is 9.06. The molecule has 118 valence electrons. The van der Waals surface area contributed by atoms with Gasteiger partial charge in [-0.1, -0.05) is 6.92 Å². The van der Waals surface area contributed by atoms with E-state index in [2.05, 4.69) is 15.3 Å².